The van der Waals surface area contributed by atoms with E-state index in [0.717, 1.165) is 39.3 Å². The van der Waals surface area contributed by atoms with Gasteiger partial charge in [-0.05, 0) is 13.1 Å². The molecule has 2 aliphatic heterocycles. The van der Waals surface area contributed by atoms with Gasteiger partial charge in [0.2, 0.25) is 5.95 Å². The van der Waals surface area contributed by atoms with Gasteiger partial charge in [-0.25, -0.2) is 9.97 Å². The summed E-state index contributed by atoms with van der Waals surface area (Å²) in [6, 6.07) is 1.70. The average Bonchev–Trinajstić information content (AvgIpc) is 2.56. The minimum Gasteiger partial charge on any atom is -0.378 e. The van der Waals surface area contributed by atoms with E-state index >= 15 is 0 Å². The molecule has 1 amide bonds. The second-order valence-electron chi connectivity index (χ2n) is 5.44. The van der Waals surface area contributed by atoms with E-state index in [1.54, 1.807) is 12.3 Å². The van der Waals surface area contributed by atoms with Crippen LogP contribution in [0.3, 0.4) is 0 Å². The molecular formula is C14H21N5O2. The summed E-state index contributed by atoms with van der Waals surface area (Å²) in [5.41, 5.74) is 0.482. The molecular weight excluding hydrogens is 270 g/mol. The summed E-state index contributed by atoms with van der Waals surface area (Å²) in [5, 5.41) is 0. The molecule has 7 heteroatoms. The topological polar surface area (TPSA) is 61.8 Å². The third-order valence-electron chi connectivity index (χ3n) is 3.95. The molecule has 0 unspecified atom stereocenters. The van der Waals surface area contributed by atoms with Gasteiger partial charge in [-0.1, -0.05) is 0 Å². The molecule has 0 aromatic carbocycles. The van der Waals surface area contributed by atoms with Gasteiger partial charge in [-0.15, -0.1) is 0 Å². The van der Waals surface area contributed by atoms with Crippen molar-refractivity contribution in [1.82, 2.24) is 19.8 Å². The second kappa shape index (κ2) is 6.36. The van der Waals surface area contributed by atoms with Crippen LogP contribution in [0.1, 0.15) is 10.5 Å². The maximum Gasteiger partial charge on any atom is 0.272 e. The Hall–Kier alpha value is -1.73. The molecule has 0 atom stereocenters. The lowest BCUT2D eigenvalue weighted by molar-refractivity contribution is 0.0658. The fourth-order valence-corrected chi connectivity index (χ4v) is 2.55. The number of piperazine rings is 1. The van der Waals surface area contributed by atoms with E-state index in [1.165, 1.54) is 0 Å². The predicted molar refractivity (Wildman–Crippen MR) is 78.5 cm³/mol. The third-order valence-corrected chi connectivity index (χ3v) is 3.95. The molecule has 0 saturated carbocycles. The van der Waals surface area contributed by atoms with E-state index < -0.39 is 0 Å². The van der Waals surface area contributed by atoms with Crippen LogP contribution in [-0.2, 0) is 4.74 Å². The molecule has 2 aliphatic rings. The van der Waals surface area contributed by atoms with Crippen molar-refractivity contribution in [3.8, 4) is 0 Å². The molecule has 2 fully saturated rings. The van der Waals surface area contributed by atoms with Crippen molar-refractivity contribution in [2.24, 2.45) is 0 Å². The summed E-state index contributed by atoms with van der Waals surface area (Å²) in [5.74, 6) is 0.623. The Labute approximate surface area is 124 Å². The van der Waals surface area contributed by atoms with Crippen LogP contribution in [0.2, 0.25) is 0 Å². The van der Waals surface area contributed by atoms with Crippen LogP contribution in [-0.4, -0.2) is 85.2 Å². The molecule has 0 N–H and O–H groups in total. The summed E-state index contributed by atoms with van der Waals surface area (Å²) in [6.07, 6.45) is 1.67. The van der Waals surface area contributed by atoms with E-state index in [1.807, 2.05) is 4.90 Å². The summed E-state index contributed by atoms with van der Waals surface area (Å²) in [4.78, 5) is 27.4. The smallest absolute Gasteiger partial charge is 0.272 e. The van der Waals surface area contributed by atoms with Gasteiger partial charge in [0.1, 0.15) is 5.69 Å². The van der Waals surface area contributed by atoms with Crippen molar-refractivity contribution in [1.29, 1.82) is 0 Å². The van der Waals surface area contributed by atoms with Gasteiger partial charge in [0.15, 0.2) is 0 Å². The lowest BCUT2D eigenvalue weighted by Gasteiger charge is -2.32. The highest BCUT2D eigenvalue weighted by Gasteiger charge is 2.22. The molecule has 21 heavy (non-hydrogen) atoms. The molecule has 0 bridgehead atoms. The number of carbonyl (C=O) groups excluding carboxylic acids is 1. The second-order valence-corrected chi connectivity index (χ2v) is 5.44. The van der Waals surface area contributed by atoms with E-state index in [-0.39, 0.29) is 5.91 Å². The van der Waals surface area contributed by atoms with Gasteiger partial charge in [0.05, 0.1) is 13.2 Å². The minimum atomic E-state index is 0.00000874. The highest BCUT2D eigenvalue weighted by molar-refractivity contribution is 5.92. The fraction of sp³-hybridized carbons (Fsp3) is 0.643. The Kier molecular flexibility index (Phi) is 4.31. The van der Waals surface area contributed by atoms with Crippen LogP contribution in [0.5, 0.6) is 0 Å². The van der Waals surface area contributed by atoms with E-state index in [0.29, 0.717) is 24.9 Å². The Balaban J connectivity index is 1.71. The zero-order valence-electron chi connectivity index (χ0n) is 12.4. The Morgan fingerprint density at radius 2 is 1.86 bits per heavy atom. The number of carbonyl (C=O) groups is 1. The summed E-state index contributed by atoms with van der Waals surface area (Å²) < 4.78 is 5.33. The number of hydrogen-bond donors (Lipinski definition) is 0. The number of amides is 1. The molecule has 3 rings (SSSR count). The lowest BCUT2D eigenvalue weighted by atomic mass is 10.3. The molecule has 1 aromatic heterocycles. The summed E-state index contributed by atoms with van der Waals surface area (Å²) >= 11 is 0. The molecule has 7 nitrogen and oxygen atoms in total. The fourth-order valence-electron chi connectivity index (χ4n) is 2.55. The Morgan fingerprint density at radius 3 is 2.57 bits per heavy atom. The SMILES string of the molecule is CN1CCN(C(=O)c2ccnc(N3CCOCC3)n2)CC1. The summed E-state index contributed by atoms with van der Waals surface area (Å²) in [6.45, 7) is 6.23. The first-order chi connectivity index (χ1) is 10.2. The highest BCUT2D eigenvalue weighted by atomic mass is 16.5. The van der Waals surface area contributed by atoms with E-state index in [4.69, 9.17) is 4.74 Å². The zero-order chi connectivity index (χ0) is 14.7. The van der Waals surface area contributed by atoms with Gasteiger partial charge >= 0.3 is 0 Å². The first-order valence-electron chi connectivity index (χ1n) is 7.37. The molecule has 3 heterocycles. The largest absolute Gasteiger partial charge is 0.378 e. The number of nitrogens with zero attached hydrogens (tertiary/aromatic N) is 5. The number of aromatic nitrogens is 2. The number of hydrogen-bond acceptors (Lipinski definition) is 6. The van der Waals surface area contributed by atoms with Crippen molar-refractivity contribution in [2.75, 3.05) is 64.4 Å². The van der Waals surface area contributed by atoms with Gasteiger partial charge in [0.25, 0.3) is 5.91 Å². The minimum absolute atomic E-state index is 0.00000874. The number of ether oxygens (including phenoxy) is 1. The van der Waals surface area contributed by atoms with Crippen LogP contribution in [0.15, 0.2) is 12.3 Å². The maximum atomic E-state index is 12.5. The van der Waals surface area contributed by atoms with Crippen LogP contribution in [0.4, 0.5) is 5.95 Å². The normalized spacial score (nSPS) is 20.6. The van der Waals surface area contributed by atoms with Crippen LogP contribution in [0.25, 0.3) is 0 Å². The van der Waals surface area contributed by atoms with Gasteiger partial charge < -0.3 is 19.4 Å². The first kappa shape index (κ1) is 14.2. The Bertz CT molecular complexity index is 496. The van der Waals surface area contributed by atoms with Crippen molar-refractivity contribution >= 4 is 11.9 Å². The van der Waals surface area contributed by atoms with Crippen molar-refractivity contribution in [2.45, 2.75) is 0 Å². The quantitative estimate of drug-likeness (QED) is 0.745. The molecule has 1 aromatic rings. The van der Waals surface area contributed by atoms with E-state index in [2.05, 4.69) is 26.8 Å². The molecule has 0 spiro atoms. The van der Waals surface area contributed by atoms with Crippen molar-refractivity contribution in [3.63, 3.8) is 0 Å². The molecule has 0 aliphatic carbocycles. The van der Waals surface area contributed by atoms with Gasteiger partial charge in [-0.2, -0.15) is 0 Å². The zero-order valence-corrected chi connectivity index (χ0v) is 12.4. The molecule has 2 saturated heterocycles. The number of rotatable bonds is 2. The van der Waals surface area contributed by atoms with Gasteiger partial charge in [0, 0.05) is 45.5 Å². The standard InChI is InChI=1S/C14H21N5O2/c1-17-4-6-18(7-5-17)13(20)12-2-3-15-14(16-12)19-8-10-21-11-9-19/h2-3H,4-11H2,1H3. The third kappa shape index (κ3) is 3.30. The molecule has 0 radical (unpaired) electrons. The monoisotopic (exact) mass is 291 g/mol. The number of anilines is 1. The number of likely N-dealkylation sites (N-methyl/N-ethyl adjacent to an activating group) is 1. The van der Waals surface area contributed by atoms with Crippen molar-refractivity contribution in [3.05, 3.63) is 18.0 Å². The Morgan fingerprint density at radius 1 is 1.14 bits per heavy atom. The average molecular weight is 291 g/mol. The molecule has 114 valence electrons. The van der Waals surface area contributed by atoms with Crippen LogP contribution in [0, 0.1) is 0 Å². The summed E-state index contributed by atoms with van der Waals surface area (Å²) in [7, 11) is 2.07. The van der Waals surface area contributed by atoms with Gasteiger partial charge in [-0.3, -0.25) is 4.79 Å². The maximum absolute atomic E-state index is 12.5. The number of morpholine rings is 1. The first-order valence-corrected chi connectivity index (χ1v) is 7.37. The van der Waals surface area contributed by atoms with Crippen molar-refractivity contribution < 1.29 is 9.53 Å². The predicted octanol–water partition coefficient (Wildman–Crippen LogP) is -0.299. The van der Waals surface area contributed by atoms with E-state index in [9.17, 15) is 4.79 Å². The van der Waals surface area contributed by atoms with Crippen LogP contribution >= 0.6 is 0 Å². The lowest BCUT2D eigenvalue weighted by Crippen LogP contribution is -2.47. The highest BCUT2D eigenvalue weighted by Crippen LogP contribution is 2.12. The van der Waals surface area contributed by atoms with Crippen LogP contribution < -0.4 is 4.90 Å².